The fraction of sp³-hybridized carbons (Fsp3) is 0.480. The predicted molar refractivity (Wildman–Crippen MR) is 139 cm³/mol. The van der Waals surface area contributed by atoms with E-state index < -0.39 is 6.10 Å². The van der Waals surface area contributed by atoms with Crippen LogP contribution in [0.15, 0.2) is 37.2 Å². The molecule has 10 heteroatoms. The van der Waals surface area contributed by atoms with Crippen molar-refractivity contribution >= 4 is 39.8 Å². The molecule has 4 heterocycles. The molecule has 5 rings (SSSR count). The smallest absolute Gasteiger partial charge is 0.227 e. The third kappa shape index (κ3) is 4.61. The molecule has 35 heavy (non-hydrogen) atoms. The zero-order valence-electron chi connectivity index (χ0n) is 20.2. The number of piperazine rings is 1. The number of halogens is 1. The number of benzene rings is 1. The molecule has 0 aliphatic carbocycles. The molecule has 9 nitrogen and oxygen atoms in total. The molecule has 2 atom stereocenters. The van der Waals surface area contributed by atoms with Crippen LogP contribution in [-0.4, -0.2) is 80.8 Å². The maximum atomic E-state index is 10.4. The second kappa shape index (κ2) is 9.73. The molecule has 2 N–H and O–H groups in total. The first kappa shape index (κ1) is 24.0. The number of nitrogens with one attached hydrogen (secondary N) is 1. The van der Waals surface area contributed by atoms with Crippen molar-refractivity contribution in [1.29, 1.82) is 0 Å². The van der Waals surface area contributed by atoms with Gasteiger partial charge in [0.1, 0.15) is 0 Å². The number of aliphatic hydroxyl groups is 1. The predicted octanol–water partition coefficient (Wildman–Crippen LogP) is 3.38. The number of aryl methyl sites for hydroxylation is 2. The van der Waals surface area contributed by atoms with E-state index >= 15 is 0 Å². The van der Waals surface area contributed by atoms with E-state index in [1.165, 1.54) is 11.3 Å². The number of ether oxygens (including phenoxy) is 1. The summed E-state index contributed by atoms with van der Waals surface area (Å²) in [5.41, 5.74) is 3.60. The quantitative estimate of drug-likeness (QED) is 0.480. The molecular formula is C25H32ClN7O2. The topological polar surface area (TPSA) is 91.6 Å². The van der Waals surface area contributed by atoms with Crippen LogP contribution in [0.3, 0.4) is 0 Å². The summed E-state index contributed by atoms with van der Waals surface area (Å²) in [7, 11) is 0. The van der Waals surface area contributed by atoms with Crippen LogP contribution >= 0.6 is 11.6 Å². The van der Waals surface area contributed by atoms with Crippen molar-refractivity contribution in [3.05, 3.63) is 47.9 Å². The lowest BCUT2D eigenvalue weighted by Crippen LogP contribution is -2.60. The standard InChI is InChI=1S/C25H32ClN7O2/c1-4-5-6-33-23(26)20(14-28-33)30-24-27-13-18-11-17(2)21(12-19(18)29-24)31-7-9-32(10-8-31)25(3)16-35-15-22(25)34/h4,11-14,22,34H,1,5-10,15-16H2,2-3H3,(H,27,29,30). The zero-order chi connectivity index (χ0) is 24.6. The van der Waals surface area contributed by atoms with Crippen LogP contribution in [0.1, 0.15) is 18.9 Å². The number of allylic oxidation sites excluding steroid dienone is 1. The van der Waals surface area contributed by atoms with E-state index in [1.807, 2.05) is 12.3 Å². The van der Waals surface area contributed by atoms with Gasteiger partial charge in [-0.15, -0.1) is 6.58 Å². The molecule has 3 aromatic rings. The third-order valence-corrected chi connectivity index (χ3v) is 7.59. The summed E-state index contributed by atoms with van der Waals surface area (Å²) in [5.74, 6) is 0.477. The van der Waals surface area contributed by atoms with Gasteiger partial charge in [-0.25, -0.2) is 9.97 Å². The number of hydrogen-bond donors (Lipinski definition) is 2. The Kier molecular flexibility index (Phi) is 6.67. The van der Waals surface area contributed by atoms with Gasteiger partial charge in [-0.2, -0.15) is 5.10 Å². The third-order valence-electron chi connectivity index (χ3n) is 7.19. The summed E-state index contributed by atoms with van der Waals surface area (Å²) in [6.07, 6.45) is 5.70. The van der Waals surface area contributed by atoms with Crippen molar-refractivity contribution in [1.82, 2.24) is 24.6 Å². The maximum absolute atomic E-state index is 10.4. The number of hydrogen-bond acceptors (Lipinski definition) is 8. The van der Waals surface area contributed by atoms with Gasteiger partial charge in [0.05, 0.1) is 42.3 Å². The van der Waals surface area contributed by atoms with Crippen molar-refractivity contribution in [2.24, 2.45) is 0 Å². The fourth-order valence-corrected chi connectivity index (χ4v) is 5.16. The summed E-state index contributed by atoms with van der Waals surface area (Å²) in [6.45, 7) is 13.1. The molecule has 0 radical (unpaired) electrons. The lowest BCUT2D eigenvalue weighted by Gasteiger charge is -2.45. The molecule has 2 aliphatic rings. The minimum atomic E-state index is -0.443. The number of anilines is 3. The summed E-state index contributed by atoms with van der Waals surface area (Å²) in [6, 6.07) is 4.27. The molecule has 2 saturated heterocycles. The minimum absolute atomic E-state index is 0.306. The van der Waals surface area contributed by atoms with E-state index in [-0.39, 0.29) is 5.54 Å². The van der Waals surface area contributed by atoms with Crippen molar-refractivity contribution in [2.45, 2.75) is 38.5 Å². The number of nitrogens with zero attached hydrogens (tertiary/aromatic N) is 6. The van der Waals surface area contributed by atoms with Gasteiger partial charge >= 0.3 is 0 Å². The number of fused-ring (bicyclic) bond motifs is 1. The van der Waals surface area contributed by atoms with Gasteiger partial charge in [0.15, 0.2) is 5.15 Å². The molecule has 2 aromatic heterocycles. The first-order valence-corrected chi connectivity index (χ1v) is 12.4. The van der Waals surface area contributed by atoms with Crippen molar-refractivity contribution in [3.8, 4) is 0 Å². The van der Waals surface area contributed by atoms with Crippen molar-refractivity contribution < 1.29 is 9.84 Å². The second-order valence-corrected chi connectivity index (χ2v) is 9.89. The normalized spacial score (nSPS) is 23.2. The Bertz CT molecular complexity index is 1220. The summed E-state index contributed by atoms with van der Waals surface area (Å²) < 4.78 is 7.27. The van der Waals surface area contributed by atoms with Gasteiger partial charge in [-0.05, 0) is 38.0 Å². The molecule has 2 fully saturated rings. The monoisotopic (exact) mass is 497 g/mol. The van der Waals surface area contributed by atoms with E-state index in [0.29, 0.717) is 36.5 Å². The summed E-state index contributed by atoms with van der Waals surface area (Å²) in [4.78, 5) is 14.0. The van der Waals surface area contributed by atoms with E-state index in [9.17, 15) is 5.11 Å². The highest BCUT2D eigenvalue weighted by Gasteiger charge is 2.44. The van der Waals surface area contributed by atoms with Gasteiger partial charge in [-0.1, -0.05) is 17.7 Å². The average molecular weight is 498 g/mol. The van der Waals surface area contributed by atoms with Crippen molar-refractivity contribution in [3.63, 3.8) is 0 Å². The van der Waals surface area contributed by atoms with Gasteiger partial charge in [0, 0.05) is 50.0 Å². The average Bonchev–Trinajstić information content (AvgIpc) is 3.39. The highest BCUT2D eigenvalue weighted by molar-refractivity contribution is 6.32. The lowest BCUT2D eigenvalue weighted by molar-refractivity contribution is 0.00882. The van der Waals surface area contributed by atoms with Crippen LogP contribution in [0, 0.1) is 6.92 Å². The fourth-order valence-electron chi connectivity index (χ4n) is 4.94. The Hall–Kier alpha value is -2.72. The second-order valence-electron chi connectivity index (χ2n) is 9.53. The van der Waals surface area contributed by atoms with Gasteiger partial charge in [0.25, 0.3) is 0 Å². The number of rotatable bonds is 7. The van der Waals surface area contributed by atoms with E-state index in [0.717, 1.165) is 43.5 Å². The van der Waals surface area contributed by atoms with Gasteiger partial charge < -0.3 is 20.1 Å². The van der Waals surface area contributed by atoms with Gasteiger partial charge in [-0.3, -0.25) is 9.58 Å². The molecule has 2 unspecified atom stereocenters. The summed E-state index contributed by atoms with van der Waals surface area (Å²) in [5, 5.41) is 19.5. The van der Waals surface area contributed by atoms with Crippen LogP contribution in [-0.2, 0) is 11.3 Å². The molecule has 186 valence electrons. The van der Waals surface area contributed by atoms with Crippen LogP contribution in [0.4, 0.5) is 17.3 Å². The largest absolute Gasteiger partial charge is 0.389 e. The molecule has 0 spiro atoms. The van der Waals surface area contributed by atoms with Crippen LogP contribution in [0.25, 0.3) is 10.9 Å². The highest BCUT2D eigenvalue weighted by atomic mass is 35.5. The molecule has 2 aliphatic heterocycles. The Morgan fingerprint density at radius 3 is 2.80 bits per heavy atom. The van der Waals surface area contributed by atoms with Crippen LogP contribution in [0.5, 0.6) is 0 Å². The highest BCUT2D eigenvalue weighted by Crippen LogP contribution is 2.31. The number of aliphatic hydroxyl groups excluding tert-OH is 1. The Balaban J connectivity index is 1.33. The maximum Gasteiger partial charge on any atom is 0.227 e. The number of aromatic nitrogens is 4. The molecule has 1 aromatic carbocycles. The zero-order valence-corrected chi connectivity index (χ0v) is 21.0. The van der Waals surface area contributed by atoms with Crippen LogP contribution < -0.4 is 10.2 Å². The van der Waals surface area contributed by atoms with E-state index in [4.69, 9.17) is 21.3 Å². The van der Waals surface area contributed by atoms with Crippen molar-refractivity contribution in [2.75, 3.05) is 49.6 Å². The van der Waals surface area contributed by atoms with E-state index in [1.54, 1.807) is 10.9 Å². The first-order valence-electron chi connectivity index (χ1n) is 12.0. The Labute approximate surface area is 210 Å². The molecule has 0 bridgehead atoms. The minimum Gasteiger partial charge on any atom is -0.389 e. The lowest BCUT2D eigenvalue weighted by atomic mass is 9.95. The van der Waals surface area contributed by atoms with Gasteiger partial charge in [0.2, 0.25) is 5.95 Å². The Morgan fingerprint density at radius 1 is 1.29 bits per heavy atom. The molecule has 0 amide bonds. The summed E-state index contributed by atoms with van der Waals surface area (Å²) >= 11 is 6.47. The van der Waals surface area contributed by atoms with E-state index in [2.05, 4.69) is 57.8 Å². The molecular weight excluding hydrogens is 466 g/mol. The Morgan fingerprint density at radius 2 is 2.09 bits per heavy atom. The first-order chi connectivity index (χ1) is 16.9. The SMILES string of the molecule is C=CCCn1ncc(Nc2ncc3cc(C)c(N4CCN(C5(C)COCC5O)CC4)cc3n2)c1Cl. The molecule has 0 saturated carbocycles. The van der Waals surface area contributed by atoms with Crippen LogP contribution in [0.2, 0.25) is 5.15 Å².